The standard InChI is InChI=1S/C30H32ClN3O2S/c1-22-26(31)13-14-27-29(22)32-30(37-27)34(16-8-15-33-17-19-36-20-18-33)28(35)21-25(23-9-4-2-5-10-23)24-11-6-3-7-12-24/h2-7,9-14,25H,8,15-21H2,1H3. The Balaban J connectivity index is 1.43. The van der Waals surface area contributed by atoms with Gasteiger partial charge in [-0.15, -0.1) is 0 Å². The lowest BCUT2D eigenvalue weighted by Gasteiger charge is -2.28. The van der Waals surface area contributed by atoms with Crippen LogP contribution in [-0.2, 0) is 9.53 Å². The van der Waals surface area contributed by atoms with E-state index < -0.39 is 0 Å². The molecule has 1 saturated heterocycles. The second-order valence-corrected chi connectivity index (χ2v) is 10.9. The van der Waals surface area contributed by atoms with Gasteiger partial charge in [0.2, 0.25) is 5.91 Å². The summed E-state index contributed by atoms with van der Waals surface area (Å²) in [4.78, 5) is 23.3. The van der Waals surface area contributed by atoms with Gasteiger partial charge in [0.15, 0.2) is 5.13 Å². The maximum Gasteiger partial charge on any atom is 0.229 e. The van der Waals surface area contributed by atoms with Crippen LogP contribution in [0, 0.1) is 6.92 Å². The molecule has 0 atom stereocenters. The van der Waals surface area contributed by atoms with Crippen molar-refractivity contribution in [1.82, 2.24) is 9.88 Å². The minimum absolute atomic E-state index is 0.0257. The van der Waals surface area contributed by atoms with Crippen LogP contribution in [-0.4, -0.2) is 55.2 Å². The quantitative estimate of drug-likeness (QED) is 0.245. The van der Waals surface area contributed by atoms with Crippen molar-refractivity contribution in [3.8, 4) is 0 Å². The Morgan fingerprint density at radius 1 is 1.03 bits per heavy atom. The molecule has 2 heterocycles. The number of hydrogen-bond acceptors (Lipinski definition) is 5. The molecule has 4 aromatic rings. The molecule has 37 heavy (non-hydrogen) atoms. The van der Waals surface area contributed by atoms with Crippen molar-refractivity contribution in [2.75, 3.05) is 44.3 Å². The van der Waals surface area contributed by atoms with Crippen molar-refractivity contribution in [2.45, 2.75) is 25.7 Å². The summed E-state index contributed by atoms with van der Waals surface area (Å²) in [5.41, 5.74) is 4.11. The molecule has 192 valence electrons. The molecule has 1 aliphatic heterocycles. The summed E-state index contributed by atoms with van der Waals surface area (Å²) in [7, 11) is 0. The van der Waals surface area contributed by atoms with Gasteiger partial charge in [0.25, 0.3) is 0 Å². The summed E-state index contributed by atoms with van der Waals surface area (Å²) in [6.45, 7) is 6.98. The molecule has 0 unspecified atom stereocenters. The number of benzene rings is 3. The minimum Gasteiger partial charge on any atom is -0.379 e. The lowest BCUT2D eigenvalue weighted by Crippen LogP contribution is -2.39. The maximum absolute atomic E-state index is 14.0. The van der Waals surface area contributed by atoms with E-state index in [9.17, 15) is 4.79 Å². The van der Waals surface area contributed by atoms with Crippen LogP contribution in [0.1, 0.15) is 35.4 Å². The lowest BCUT2D eigenvalue weighted by atomic mass is 9.88. The zero-order valence-electron chi connectivity index (χ0n) is 21.1. The fourth-order valence-corrected chi connectivity index (χ4v) is 6.11. The number of nitrogens with zero attached hydrogens (tertiary/aromatic N) is 3. The highest BCUT2D eigenvalue weighted by Crippen LogP contribution is 2.35. The van der Waals surface area contributed by atoms with Gasteiger partial charge in [0, 0.05) is 43.5 Å². The maximum atomic E-state index is 14.0. The summed E-state index contributed by atoms with van der Waals surface area (Å²) in [5.74, 6) is 0.0599. The molecule has 0 spiro atoms. The Labute approximate surface area is 227 Å². The molecule has 0 aliphatic carbocycles. The van der Waals surface area contributed by atoms with Gasteiger partial charge in [-0.1, -0.05) is 83.6 Å². The molecule has 0 bridgehead atoms. The smallest absolute Gasteiger partial charge is 0.229 e. The average molecular weight is 534 g/mol. The van der Waals surface area contributed by atoms with E-state index in [0.717, 1.165) is 71.3 Å². The molecular formula is C30H32ClN3O2S. The number of rotatable bonds is 9. The zero-order chi connectivity index (χ0) is 25.6. The number of aromatic nitrogens is 1. The highest BCUT2D eigenvalue weighted by molar-refractivity contribution is 7.22. The van der Waals surface area contributed by atoms with Crippen LogP contribution in [0.2, 0.25) is 5.02 Å². The summed E-state index contributed by atoms with van der Waals surface area (Å²) >= 11 is 7.94. The molecule has 1 aromatic heterocycles. The monoisotopic (exact) mass is 533 g/mol. The van der Waals surface area contributed by atoms with E-state index in [0.29, 0.717) is 18.0 Å². The first-order valence-corrected chi connectivity index (χ1v) is 14.1. The number of carbonyl (C=O) groups excluding carboxylic acids is 1. The van der Waals surface area contributed by atoms with Gasteiger partial charge in [-0.05, 0) is 42.2 Å². The number of morpholine rings is 1. The van der Waals surface area contributed by atoms with Crippen LogP contribution in [0.5, 0.6) is 0 Å². The number of carbonyl (C=O) groups is 1. The third-order valence-electron chi connectivity index (χ3n) is 7.01. The highest BCUT2D eigenvalue weighted by Gasteiger charge is 2.26. The van der Waals surface area contributed by atoms with Gasteiger partial charge in [-0.25, -0.2) is 4.98 Å². The predicted octanol–water partition coefficient (Wildman–Crippen LogP) is 6.54. The molecule has 0 N–H and O–H groups in total. The molecule has 5 rings (SSSR count). The SMILES string of the molecule is Cc1c(Cl)ccc2sc(N(CCCN3CCOCC3)C(=O)CC(c3ccccc3)c3ccccc3)nc12. The van der Waals surface area contributed by atoms with Gasteiger partial charge < -0.3 is 4.74 Å². The number of halogens is 1. The van der Waals surface area contributed by atoms with Gasteiger partial charge >= 0.3 is 0 Å². The normalized spacial score (nSPS) is 14.4. The van der Waals surface area contributed by atoms with E-state index in [1.54, 1.807) is 11.3 Å². The Kier molecular flexibility index (Phi) is 8.52. The lowest BCUT2D eigenvalue weighted by molar-refractivity contribution is -0.118. The first-order valence-electron chi connectivity index (χ1n) is 12.9. The van der Waals surface area contributed by atoms with E-state index in [1.165, 1.54) is 0 Å². The molecular weight excluding hydrogens is 502 g/mol. The van der Waals surface area contributed by atoms with Crippen LogP contribution in [0.15, 0.2) is 72.8 Å². The first-order chi connectivity index (χ1) is 18.1. The van der Waals surface area contributed by atoms with Crippen molar-refractivity contribution in [3.63, 3.8) is 0 Å². The van der Waals surface area contributed by atoms with E-state index in [2.05, 4.69) is 29.2 Å². The molecule has 5 nitrogen and oxygen atoms in total. The third kappa shape index (κ3) is 6.21. The Hall–Kier alpha value is -2.77. The molecule has 3 aromatic carbocycles. The van der Waals surface area contributed by atoms with Gasteiger partial charge in [0.1, 0.15) is 0 Å². The van der Waals surface area contributed by atoms with Crippen molar-refractivity contribution in [2.24, 2.45) is 0 Å². The van der Waals surface area contributed by atoms with Crippen LogP contribution in [0.3, 0.4) is 0 Å². The van der Waals surface area contributed by atoms with Gasteiger partial charge in [-0.3, -0.25) is 14.6 Å². The van der Waals surface area contributed by atoms with Crippen molar-refractivity contribution >= 4 is 44.2 Å². The van der Waals surface area contributed by atoms with E-state index in [4.69, 9.17) is 21.3 Å². The van der Waals surface area contributed by atoms with Crippen molar-refractivity contribution in [1.29, 1.82) is 0 Å². The Morgan fingerprint density at radius 3 is 2.32 bits per heavy atom. The van der Waals surface area contributed by atoms with Crippen LogP contribution >= 0.6 is 22.9 Å². The highest BCUT2D eigenvalue weighted by atomic mass is 35.5. The molecule has 1 aliphatic rings. The second kappa shape index (κ2) is 12.2. The van der Waals surface area contributed by atoms with Gasteiger partial charge in [0.05, 0.1) is 23.4 Å². The number of fused-ring (bicyclic) bond motifs is 1. The Bertz CT molecular complexity index is 1280. The number of thiazole rings is 1. The van der Waals surface area contributed by atoms with E-state index >= 15 is 0 Å². The van der Waals surface area contributed by atoms with Crippen molar-refractivity contribution < 1.29 is 9.53 Å². The van der Waals surface area contributed by atoms with E-state index in [1.807, 2.05) is 60.4 Å². The number of amides is 1. The topological polar surface area (TPSA) is 45.7 Å². The minimum atomic E-state index is -0.0257. The molecule has 1 amide bonds. The largest absolute Gasteiger partial charge is 0.379 e. The van der Waals surface area contributed by atoms with Gasteiger partial charge in [-0.2, -0.15) is 0 Å². The van der Waals surface area contributed by atoms with E-state index in [-0.39, 0.29) is 11.8 Å². The molecule has 1 fully saturated rings. The first kappa shape index (κ1) is 25.9. The van der Waals surface area contributed by atoms with Crippen LogP contribution in [0.4, 0.5) is 5.13 Å². The molecule has 7 heteroatoms. The predicted molar refractivity (Wildman–Crippen MR) is 153 cm³/mol. The number of anilines is 1. The van der Waals surface area contributed by atoms with Crippen LogP contribution < -0.4 is 4.90 Å². The summed E-state index contributed by atoms with van der Waals surface area (Å²) in [6, 6.07) is 24.5. The fourth-order valence-electron chi connectivity index (χ4n) is 4.89. The molecule has 0 saturated carbocycles. The number of hydrogen-bond donors (Lipinski definition) is 0. The molecule has 0 radical (unpaired) electrons. The van der Waals surface area contributed by atoms with Crippen molar-refractivity contribution in [3.05, 3.63) is 94.5 Å². The second-order valence-electron chi connectivity index (χ2n) is 9.45. The number of aryl methyl sites for hydroxylation is 1. The Morgan fingerprint density at radius 2 is 1.68 bits per heavy atom. The fraction of sp³-hybridized carbons (Fsp3) is 0.333. The summed E-state index contributed by atoms with van der Waals surface area (Å²) in [6.07, 6.45) is 1.25. The average Bonchev–Trinajstić information content (AvgIpc) is 3.38. The number of ether oxygens (including phenoxy) is 1. The third-order valence-corrected chi connectivity index (χ3v) is 8.46. The summed E-state index contributed by atoms with van der Waals surface area (Å²) < 4.78 is 6.54. The summed E-state index contributed by atoms with van der Waals surface area (Å²) in [5, 5.41) is 1.44. The zero-order valence-corrected chi connectivity index (χ0v) is 22.7. The van der Waals surface area contributed by atoms with Crippen LogP contribution in [0.25, 0.3) is 10.2 Å².